The normalized spacial score (nSPS) is 14.9. The zero-order valence-corrected chi connectivity index (χ0v) is 9.68. The van der Waals surface area contributed by atoms with Gasteiger partial charge in [0, 0.05) is 5.56 Å². The molecule has 0 aromatic heterocycles. The first kappa shape index (κ1) is 11.2. The number of rotatable bonds is 2. The number of carbonyl (C=O) groups excluding carboxylic acids is 1. The molecule has 6 heteroatoms. The molecule has 16 heavy (non-hydrogen) atoms. The van der Waals surface area contributed by atoms with Crippen molar-refractivity contribution in [3.8, 4) is 0 Å². The number of halogens is 2. The van der Waals surface area contributed by atoms with Crippen LogP contribution in [0.4, 0.5) is 5.69 Å². The number of hydrogen-bond donors (Lipinski definition) is 1. The minimum atomic E-state index is -0.432. The molecule has 1 aromatic rings. The fraction of sp³-hybridized carbons (Fsp3) is 0.200. The lowest BCUT2D eigenvalue weighted by atomic mass is 10.1. The molecule has 1 aliphatic rings. The van der Waals surface area contributed by atoms with Gasteiger partial charge in [-0.05, 0) is 6.07 Å². The van der Waals surface area contributed by atoms with Crippen LogP contribution in [0, 0.1) is 0 Å². The van der Waals surface area contributed by atoms with E-state index in [1.807, 2.05) is 0 Å². The molecule has 0 bridgehead atoms. The Bertz CT molecular complexity index is 486. The van der Waals surface area contributed by atoms with Crippen molar-refractivity contribution in [1.82, 2.24) is 0 Å². The lowest BCUT2D eigenvalue weighted by Gasteiger charge is -2.03. The summed E-state index contributed by atoms with van der Waals surface area (Å²) in [6.07, 6.45) is 0. The third-order valence-corrected chi connectivity index (χ3v) is 2.75. The van der Waals surface area contributed by atoms with E-state index in [0.717, 1.165) is 5.56 Å². The maximum absolute atomic E-state index is 11.5. The molecular formula is C10H8Cl2N2O2. The smallest absolute Gasteiger partial charge is 0.341 e. The number of nitrogens with zero attached hydrogens (tertiary/aromatic N) is 1. The van der Waals surface area contributed by atoms with Crippen LogP contribution < -0.4 is 5.73 Å². The molecule has 0 fully saturated rings. The first-order valence-electron chi connectivity index (χ1n) is 4.51. The highest BCUT2D eigenvalue weighted by atomic mass is 35.5. The molecule has 0 spiro atoms. The molecular weight excluding hydrogens is 251 g/mol. The molecule has 0 atom stereocenters. The van der Waals surface area contributed by atoms with Gasteiger partial charge in [0.15, 0.2) is 0 Å². The summed E-state index contributed by atoms with van der Waals surface area (Å²) in [4.78, 5) is 15.5. The number of carbonyl (C=O) groups is 1. The van der Waals surface area contributed by atoms with Crippen molar-refractivity contribution < 1.29 is 9.53 Å². The molecule has 2 rings (SSSR count). The van der Waals surface area contributed by atoms with Gasteiger partial charge in [-0.1, -0.05) is 17.7 Å². The van der Waals surface area contributed by atoms with Gasteiger partial charge in [0.1, 0.15) is 12.4 Å². The van der Waals surface area contributed by atoms with E-state index in [1.165, 1.54) is 0 Å². The van der Waals surface area contributed by atoms with Crippen molar-refractivity contribution in [2.75, 3.05) is 5.88 Å². The molecule has 1 heterocycles. The number of esters is 1. The predicted octanol–water partition coefficient (Wildman–Crippen LogP) is 2.24. The quantitative estimate of drug-likeness (QED) is 0.383. The van der Waals surface area contributed by atoms with Gasteiger partial charge in [-0.15, -0.1) is 11.6 Å². The lowest BCUT2D eigenvalue weighted by molar-refractivity contribution is 0.0535. The third-order valence-electron chi connectivity index (χ3n) is 2.17. The minimum absolute atomic E-state index is 0.0784. The van der Waals surface area contributed by atoms with Gasteiger partial charge in [-0.3, -0.25) is 0 Å². The van der Waals surface area contributed by atoms with Crippen molar-refractivity contribution in [3.05, 3.63) is 28.3 Å². The van der Waals surface area contributed by atoms with Crippen LogP contribution in [0.5, 0.6) is 0 Å². The molecule has 0 saturated carbocycles. The number of nitrogens with two attached hydrogens (primary N) is 1. The van der Waals surface area contributed by atoms with Gasteiger partial charge in [0.2, 0.25) is 0 Å². The fourth-order valence-corrected chi connectivity index (χ4v) is 1.71. The molecule has 2 N–H and O–H groups in total. The molecule has 1 aliphatic heterocycles. The Balaban J connectivity index is 2.60. The van der Waals surface area contributed by atoms with Crippen LogP contribution in [0.25, 0.3) is 0 Å². The monoisotopic (exact) mass is 258 g/mol. The van der Waals surface area contributed by atoms with E-state index in [9.17, 15) is 4.79 Å². The van der Waals surface area contributed by atoms with Crippen LogP contribution in [0.15, 0.2) is 17.1 Å². The number of hydrogen-bond acceptors (Lipinski definition) is 3. The summed E-state index contributed by atoms with van der Waals surface area (Å²) in [6, 6.07) is 3.39. The molecule has 0 unspecified atom stereocenters. The fourth-order valence-electron chi connectivity index (χ4n) is 1.45. The predicted molar refractivity (Wildman–Crippen MR) is 62.6 cm³/mol. The maximum Gasteiger partial charge on any atom is 0.341 e. The lowest BCUT2D eigenvalue weighted by Crippen LogP contribution is -2.12. The summed E-state index contributed by atoms with van der Waals surface area (Å²) in [5, 5.41) is 0.352. The molecule has 0 saturated heterocycles. The Morgan fingerprint density at radius 1 is 1.56 bits per heavy atom. The number of aliphatic imine (C=N–C) groups is 1. The third kappa shape index (κ3) is 1.86. The van der Waals surface area contributed by atoms with Crippen LogP contribution >= 0.6 is 23.2 Å². The highest BCUT2D eigenvalue weighted by Gasteiger charge is 2.26. The Morgan fingerprint density at radius 2 is 2.31 bits per heavy atom. The van der Waals surface area contributed by atoms with Crippen LogP contribution in [0.1, 0.15) is 15.9 Å². The summed E-state index contributed by atoms with van der Waals surface area (Å²) >= 11 is 11.5. The number of cyclic esters (lactones) is 1. The van der Waals surface area contributed by atoms with E-state index in [0.29, 0.717) is 16.3 Å². The molecule has 0 amide bonds. The maximum atomic E-state index is 11.5. The van der Waals surface area contributed by atoms with Crippen LogP contribution in [-0.2, 0) is 11.3 Å². The van der Waals surface area contributed by atoms with E-state index in [2.05, 4.69) is 4.99 Å². The van der Waals surface area contributed by atoms with E-state index >= 15 is 0 Å². The van der Waals surface area contributed by atoms with Gasteiger partial charge in [0.05, 0.1) is 22.2 Å². The van der Waals surface area contributed by atoms with Crippen molar-refractivity contribution in [2.24, 2.45) is 10.7 Å². The second-order valence-corrected chi connectivity index (χ2v) is 3.92. The Morgan fingerprint density at radius 3 is 3.00 bits per heavy atom. The van der Waals surface area contributed by atoms with Gasteiger partial charge in [0.25, 0.3) is 0 Å². The van der Waals surface area contributed by atoms with E-state index in [4.69, 9.17) is 33.7 Å². The highest BCUT2D eigenvalue weighted by molar-refractivity contribution is 6.34. The van der Waals surface area contributed by atoms with Crippen molar-refractivity contribution in [2.45, 2.75) is 6.61 Å². The Labute approximate surface area is 102 Å². The second-order valence-electron chi connectivity index (χ2n) is 3.24. The number of amidine groups is 1. The summed E-state index contributed by atoms with van der Waals surface area (Å²) in [7, 11) is 0. The Hall–Kier alpha value is -1.26. The molecule has 4 nitrogen and oxygen atoms in total. The first-order valence-corrected chi connectivity index (χ1v) is 5.42. The Kier molecular flexibility index (Phi) is 3.03. The molecule has 0 radical (unpaired) electrons. The molecule has 84 valence electrons. The average molecular weight is 259 g/mol. The highest BCUT2D eigenvalue weighted by Crippen LogP contribution is 2.35. The number of alkyl halides is 1. The number of benzene rings is 1. The molecule has 0 aliphatic carbocycles. The summed E-state index contributed by atoms with van der Waals surface area (Å²) < 4.78 is 4.89. The average Bonchev–Trinajstić information content (AvgIpc) is 2.64. The van der Waals surface area contributed by atoms with Crippen molar-refractivity contribution in [3.63, 3.8) is 0 Å². The first-order chi connectivity index (χ1) is 7.63. The van der Waals surface area contributed by atoms with Gasteiger partial charge in [-0.25, -0.2) is 9.79 Å². The standard InChI is InChI=1S/C10H8Cl2N2O2/c11-3-7(13)14-9-6(12)2-1-5-4-16-10(15)8(5)9/h1-2H,3-4H2,(H2,13,14). The van der Waals surface area contributed by atoms with Gasteiger partial charge in [-0.2, -0.15) is 0 Å². The van der Waals surface area contributed by atoms with E-state index < -0.39 is 5.97 Å². The second kappa shape index (κ2) is 4.31. The summed E-state index contributed by atoms with van der Waals surface area (Å²) in [5.41, 5.74) is 6.99. The van der Waals surface area contributed by atoms with Gasteiger partial charge < -0.3 is 10.5 Å². The van der Waals surface area contributed by atoms with Gasteiger partial charge >= 0.3 is 5.97 Å². The van der Waals surface area contributed by atoms with Crippen LogP contribution in [0.2, 0.25) is 5.02 Å². The largest absolute Gasteiger partial charge is 0.457 e. The zero-order chi connectivity index (χ0) is 11.7. The zero-order valence-electron chi connectivity index (χ0n) is 8.17. The molecule has 1 aromatic carbocycles. The van der Waals surface area contributed by atoms with E-state index in [-0.39, 0.29) is 18.3 Å². The number of fused-ring (bicyclic) bond motifs is 1. The summed E-state index contributed by atoms with van der Waals surface area (Å²) in [5.74, 6) is -0.148. The van der Waals surface area contributed by atoms with Crippen molar-refractivity contribution in [1.29, 1.82) is 0 Å². The van der Waals surface area contributed by atoms with Crippen LogP contribution in [0.3, 0.4) is 0 Å². The van der Waals surface area contributed by atoms with E-state index in [1.54, 1.807) is 12.1 Å². The number of ether oxygens (including phenoxy) is 1. The topological polar surface area (TPSA) is 64.7 Å². The van der Waals surface area contributed by atoms with Crippen molar-refractivity contribution >= 4 is 40.7 Å². The minimum Gasteiger partial charge on any atom is -0.457 e. The summed E-state index contributed by atoms with van der Waals surface area (Å²) in [6.45, 7) is 0.245. The SMILES string of the molecule is NC(CCl)=Nc1c(Cl)ccc2c1C(=O)OC2. The van der Waals surface area contributed by atoms with Crippen LogP contribution in [-0.4, -0.2) is 17.7 Å².